The van der Waals surface area contributed by atoms with Crippen LogP contribution < -0.4 is 10.1 Å². The highest BCUT2D eigenvalue weighted by molar-refractivity contribution is 9.11. The largest absolute Gasteiger partial charge is 0.487 e. The molecule has 0 aromatic heterocycles. The molecule has 0 atom stereocenters. The Kier molecular flexibility index (Phi) is 6.07. The Balaban J connectivity index is 2.17. The van der Waals surface area contributed by atoms with E-state index in [0.29, 0.717) is 6.61 Å². The van der Waals surface area contributed by atoms with E-state index in [2.05, 4.69) is 76.1 Å². The Morgan fingerprint density at radius 2 is 1.73 bits per heavy atom. The number of benzene rings is 2. The van der Waals surface area contributed by atoms with Crippen molar-refractivity contribution in [2.24, 2.45) is 0 Å². The number of halogens is 2. The van der Waals surface area contributed by atoms with Gasteiger partial charge in [-0.1, -0.05) is 46.3 Å². The molecule has 2 rings (SSSR count). The fourth-order valence-corrected chi connectivity index (χ4v) is 3.42. The first-order valence-electron chi connectivity index (χ1n) is 7.25. The summed E-state index contributed by atoms with van der Waals surface area (Å²) in [4.78, 5) is 0. The topological polar surface area (TPSA) is 21.3 Å². The van der Waals surface area contributed by atoms with Crippen molar-refractivity contribution in [1.82, 2.24) is 5.32 Å². The maximum atomic E-state index is 6.07. The van der Waals surface area contributed by atoms with Gasteiger partial charge in [-0.3, -0.25) is 0 Å². The zero-order chi connectivity index (χ0) is 16.2. The van der Waals surface area contributed by atoms with Crippen molar-refractivity contribution in [2.75, 3.05) is 0 Å². The third kappa shape index (κ3) is 5.41. The number of hydrogen-bond donors (Lipinski definition) is 1. The summed E-state index contributed by atoms with van der Waals surface area (Å²) in [6.07, 6.45) is 0. The van der Waals surface area contributed by atoms with Crippen LogP contribution >= 0.6 is 31.9 Å². The molecule has 2 nitrogen and oxygen atoms in total. The van der Waals surface area contributed by atoms with Crippen molar-refractivity contribution in [3.63, 3.8) is 0 Å². The lowest BCUT2D eigenvalue weighted by Crippen LogP contribution is -2.35. The van der Waals surface area contributed by atoms with Crippen LogP contribution in [0, 0.1) is 0 Å². The van der Waals surface area contributed by atoms with Crippen molar-refractivity contribution in [2.45, 2.75) is 39.5 Å². The molecule has 0 aliphatic rings. The summed E-state index contributed by atoms with van der Waals surface area (Å²) in [7, 11) is 0. The maximum absolute atomic E-state index is 6.07. The van der Waals surface area contributed by atoms with E-state index >= 15 is 0 Å². The molecule has 2 aromatic rings. The zero-order valence-corrected chi connectivity index (χ0v) is 16.3. The lowest BCUT2D eigenvalue weighted by molar-refractivity contribution is 0.298. The molecule has 0 spiro atoms. The molecule has 0 saturated heterocycles. The smallest absolute Gasteiger partial charge is 0.138 e. The third-order valence-corrected chi connectivity index (χ3v) is 4.17. The van der Waals surface area contributed by atoms with Crippen LogP contribution in [0.4, 0.5) is 0 Å². The van der Waals surface area contributed by atoms with Gasteiger partial charge in [0.05, 0.1) is 4.47 Å². The summed E-state index contributed by atoms with van der Waals surface area (Å²) in [6.45, 7) is 7.79. The fourth-order valence-electron chi connectivity index (χ4n) is 2.00. The predicted octanol–water partition coefficient (Wildman–Crippen LogP) is 5.68. The highest BCUT2D eigenvalue weighted by Crippen LogP contribution is 2.33. The van der Waals surface area contributed by atoms with Crippen molar-refractivity contribution >= 4 is 31.9 Å². The second kappa shape index (κ2) is 7.62. The highest BCUT2D eigenvalue weighted by Gasteiger charge is 2.14. The molecule has 1 N–H and O–H groups in total. The van der Waals surface area contributed by atoms with Crippen LogP contribution in [0.25, 0.3) is 0 Å². The molecule has 0 saturated carbocycles. The first-order chi connectivity index (χ1) is 10.3. The summed E-state index contributed by atoms with van der Waals surface area (Å²) in [5.74, 6) is 0.892. The molecular weight excluding hydrogens is 406 g/mol. The molecule has 0 radical (unpaired) electrons. The van der Waals surface area contributed by atoms with E-state index in [1.165, 1.54) is 0 Å². The van der Waals surface area contributed by atoms with Crippen molar-refractivity contribution in [1.29, 1.82) is 0 Å². The Hall–Kier alpha value is -0.840. The van der Waals surface area contributed by atoms with Crippen molar-refractivity contribution < 1.29 is 4.74 Å². The van der Waals surface area contributed by atoms with E-state index in [9.17, 15) is 0 Å². The standard InChI is InChI=1S/C18H21Br2NO/c1-18(2,3)21-11-14-9-15(19)10-16(20)17(14)22-12-13-7-5-4-6-8-13/h4-10,21H,11-12H2,1-3H3. The van der Waals surface area contributed by atoms with Gasteiger partial charge in [0, 0.05) is 22.1 Å². The predicted molar refractivity (Wildman–Crippen MR) is 99.2 cm³/mol. The molecule has 0 bridgehead atoms. The summed E-state index contributed by atoms with van der Waals surface area (Å²) >= 11 is 7.16. The van der Waals surface area contributed by atoms with Crippen LogP contribution in [0.2, 0.25) is 0 Å². The minimum absolute atomic E-state index is 0.0610. The third-order valence-electron chi connectivity index (χ3n) is 3.12. The van der Waals surface area contributed by atoms with Gasteiger partial charge < -0.3 is 10.1 Å². The quantitative estimate of drug-likeness (QED) is 0.663. The Morgan fingerprint density at radius 1 is 1.05 bits per heavy atom. The summed E-state index contributed by atoms with van der Waals surface area (Å²) < 4.78 is 8.07. The number of nitrogens with one attached hydrogen (secondary N) is 1. The van der Waals surface area contributed by atoms with Gasteiger partial charge in [-0.15, -0.1) is 0 Å². The fraction of sp³-hybridized carbons (Fsp3) is 0.333. The highest BCUT2D eigenvalue weighted by atomic mass is 79.9. The summed E-state index contributed by atoms with van der Waals surface area (Å²) in [6, 6.07) is 14.3. The lowest BCUT2D eigenvalue weighted by atomic mass is 10.1. The van der Waals surface area contributed by atoms with Gasteiger partial charge in [-0.05, 0) is 54.4 Å². The molecule has 0 amide bonds. The SMILES string of the molecule is CC(C)(C)NCc1cc(Br)cc(Br)c1OCc1ccccc1. The molecule has 0 unspecified atom stereocenters. The van der Waals surface area contributed by atoms with E-state index in [0.717, 1.165) is 32.4 Å². The first-order valence-corrected chi connectivity index (χ1v) is 8.83. The van der Waals surface area contributed by atoms with E-state index in [1.54, 1.807) is 0 Å². The first kappa shape index (κ1) is 17.5. The van der Waals surface area contributed by atoms with Crippen LogP contribution in [0.3, 0.4) is 0 Å². The number of ether oxygens (including phenoxy) is 1. The van der Waals surface area contributed by atoms with Gasteiger partial charge in [0.25, 0.3) is 0 Å². The molecule has 0 aliphatic heterocycles. The Labute approximate surface area is 149 Å². The summed E-state index contributed by atoms with van der Waals surface area (Å²) in [5, 5.41) is 3.51. The van der Waals surface area contributed by atoms with Gasteiger partial charge in [-0.2, -0.15) is 0 Å². The monoisotopic (exact) mass is 425 g/mol. The van der Waals surface area contributed by atoms with Crippen LogP contribution in [0.15, 0.2) is 51.4 Å². The molecule has 4 heteroatoms. The van der Waals surface area contributed by atoms with Gasteiger partial charge in [0.1, 0.15) is 12.4 Å². The van der Waals surface area contributed by atoms with Gasteiger partial charge in [-0.25, -0.2) is 0 Å². The second-order valence-electron chi connectivity index (χ2n) is 6.25. The molecule has 2 aromatic carbocycles. The van der Waals surface area contributed by atoms with Crippen LogP contribution in [-0.2, 0) is 13.2 Å². The zero-order valence-electron chi connectivity index (χ0n) is 13.1. The Morgan fingerprint density at radius 3 is 2.36 bits per heavy atom. The van der Waals surface area contributed by atoms with Crippen LogP contribution in [0.5, 0.6) is 5.75 Å². The second-order valence-corrected chi connectivity index (χ2v) is 8.02. The normalized spacial score (nSPS) is 11.5. The van der Waals surface area contributed by atoms with Crippen molar-refractivity contribution in [3.05, 3.63) is 62.5 Å². The average molecular weight is 427 g/mol. The van der Waals surface area contributed by atoms with Crippen LogP contribution in [0.1, 0.15) is 31.9 Å². The van der Waals surface area contributed by atoms with E-state index in [4.69, 9.17) is 4.74 Å². The van der Waals surface area contributed by atoms with Gasteiger partial charge >= 0.3 is 0 Å². The van der Waals surface area contributed by atoms with Gasteiger partial charge in [0.2, 0.25) is 0 Å². The van der Waals surface area contributed by atoms with Gasteiger partial charge in [0.15, 0.2) is 0 Å². The van der Waals surface area contributed by atoms with E-state index in [1.807, 2.05) is 24.3 Å². The Bertz CT molecular complexity index is 621. The minimum atomic E-state index is 0.0610. The average Bonchev–Trinajstić information content (AvgIpc) is 2.44. The van der Waals surface area contributed by atoms with E-state index < -0.39 is 0 Å². The molecule has 22 heavy (non-hydrogen) atoms. The van der Waals surface area contributed by atoms with E-state index in [-0.39, 0.29) is 5.54 Å². The van der Waals surface area contributed by atoms with Crippen LogP contribution in [-0.4, -0.2) is 5.54 Å². The molecule has 118 valence electrons. The number of hydrogen-bond acceptors (Lipinski definition) is 2. The maximum Gasteiger partial charge on any atom is 0.138 e. The minimum Gasteiger partial charge on any atom is -0.487 e. The summed E-state index contributed by atoms with van der Waals surface area (Å²) in [5.41, 5.74) is 2.35. The molecule has 0 aliphatic carbocycles. The molecular formula is C18H21Br2NO. The lowest BCUT2D eigenvalue weighted by Gasteiger charge is -2.22. The number of rotatable bonds is 5. The molecule has 0 heterocycles. The molecule has 0 fully saturated rings. The van der Waals surface area contributed by atoms with Crippen molar-refractivity contribution in [3.8, 4) is 5.75 Å².